The van der Waals surface area contributed by atoms with Gasteiger partial charge in [0.2, 0.25) is 0 Å². The van der Waals surface area contributed by atoms with Crippen LogP contribution in [0.3, 0.4) is 0 Å². The Balaban J connectivity index is 2.30. The van der Waals surface area contributed by atoms with Crippen molar-refractivity contribution in [2.24, 2.45) is 5.16 Å². The second-order valence-electron chi connectivity index (χ2n) is 4.72. The number of oxime groups is 1. The van der Waals surface area contributed by atoms with E-state index in [9.17, 15) is 4.79 Å². The molecule has 2 aromatic rings. The van der Waals surface area contributed by atoms with E-state index in [1.807, 2.05) is 12.1 Å². The molecule has 0 spiro atoms. The van der Waals surface area contributed by atoms with E-state index >= 15 is 0 Å². The average Bonchev–Trinajstić information content (AvgIpc) is 2.60. The van der Waals surface area contributed by atoms with Gasteiger partial charge in [-0.05, 0) is 17.7 Å². The van der Waals surface area contributed by atoms with E-state index in [-0.39, 0.29) is 18.2 Å². The fourth-order valence-corrected chi connectivity index (χ4v) is 2.38. The summed E-state index contributed by atoms with van der Waals surface area (Å²) in [6.45, 7) is 0.190. The first-order valence-corrected chi connectivity index (χ1v) is 7.81. The van der Waals surface area contributed by atoms with Gasteiger partial charge in [0.15, 0.2) is 5.71 Å². The van der Waals surface area contributed by atoms with E-state index in [1.165, 1.54) is 14.2 Å². The maximum absolute atomic E-state index is 12.0. The zero-order valence-corrected chi connectivity index (χ0v) is 14.7. The van der Waals surface area contributed by atoms with Crippen LogP contribution < -0.4 is 10.1 Å². The highest BCUT2D eigenvalue weighted by Crippen LogP contribution is 2.28. The minimum atomic E-state index is -0.356. The molecule has 0 radical (unpaired) electrons. The molecule has 0 aliphatic carbocycles. The standard InChI is InChI=1S/C17H16Cl2N2O3/c1-20-17(22)16(21-23-2)13-6-4-3-5-11(13)10-24-15-9-12(18)7-8-14(15)19/h3-9H,10H2,1-2H3,(H,20,22)/b21-16-. The third-order valence-corrected chi connectivity index (χ3v) is 3.72. The Morgan fingerprint density at radius 2 is 1.96 bits per heavy atom. The number of ether oxygens (including phenoxy) is 1. The van der Waals surface area contributed by atoms with Crippen LogP contribution in [0.5, 0.6) is 5.75 Å². The summed E-state index contributed by atoms with van der Waals surface area (Å²) >= 11 is 12.1. The van der Waals surface area contributed by atoms with Gasteiger partial charge >= 0.3 is 0 Å². The third-order valence-electron chi connectivity index (χ3n) is 3.17. The normalized spacial score (nSPS) is 11.1. The number of rotatable bonds is 6. The van der Waals surface area contributed by atoms with E-state index in [1.54, 1.807) is 30.3 Å². The van der Waals surface area contributed by atoms with Crippen molar-refractivity contribution >= 4 is 34.8 Å². The number of benzene rings is 2. The van der Waals surface area contributed by atoms with E-state index in [0.717, 1.165) is 5.56 Å². The number of halogens is 2. The van der Waals surface area contributed by atoms with Crippen molar-refractivity contribution in [2.75, 3.05) is 14.2 Å². The number of carbonyl (C=O) groups excluding carboxylic acids is 1. The highest BCUT2D eigenvalue weighted by Gasteiger charge is 2.17. The third kappa shape index (κ3) is 4.40. The SMILES string of the molecule is CNC(=O)/C(=N\OC)c1ccccc1COc1cc(Cl)ccc1Cl. The molecule has 0 aliphatic heterocycles. The van der Waals surface area contributed by atoms with Crippen LogP contribution in [0.25, 0.3) is 0 Å². The Kier molecular flexibility index (Phi) is 6.46. The van der Waals surface area contributed by atoms with Crippen molar-refractivity contribution in [1.82, 2.24) is 5.32 Å². The molecule has 0 saturated heterocycles. The second kappa shape index (κ2) is 8.57. The number of nitrogens with zero attached hydrogens (tertiary/aromatic N) is 1. The Labute approximate surface area is 150 Å². The van der Waals surface area contributed by atoms with Crippen molar-refractivity contribution < 1.29 is 14.4 Å². The van der Waals surface area contributed by atoms with Crippen molar-refractivity contribution in [3.05, 3.63) is 63.6 Å². The lowest BCUT2D eigenvalue weighted by Gasteiger charge is -2.13. The molecule has 1 amide bonds. The molecule has 7 heteroatoms. The molecule has 5 nitrogen and oxygen atoms in total. The molecule has 0 fully saturated rings. The molecule has 0 unspecified atom stereocenters. The molecule has 0 atom stereocenters. The number of likely N-dealkylation sites (N-methyl/N-ethyl adjacent to an activating group) is 1. The van der Waals surface area contributed by atoms with Gasteiger partial charge in [-0.15, -0.1) is 0 Å². The maximum atomic E-state index is 12.0. The van der Waals surface area contributed by atoms with Gasteiger partial charge in [-0.1, -0.05) is 52.6 Å². The number of carbonyl (C=O) groups is 1. The summed E-state index contributed by atoms with van der Waals surface area (Å²) in [6, 6.07) is 12.2. The number of hydrogen-bond donors (Lipinski definition) is 1. The highest BCUT2D eigenvalue weighted by atomic mass is 35.5. The van der Waals surface area contributed by atoms with E-state index in [4.69, 9.17) is 32.8 Å². The van der Waals surface area contributed by atoms with Gasteiger partial charge in [-0.25, -0.2) is 0 Å². The van der Waals surface area contributed by atoms with Crippen LogP contribution in [0.1, 0.15) is 11.1 Å². The van der Waals surface area contributed by atoms with Crippen LogP contribution in [0.2, 0.25) is 10.0 Å². The molecule has 1 N–H and O–H groups in total. The van der Waals surface area contributed by atoms with Crippen LogP contribution in [0.4, 0.5) is 0 Å². The monoisotopic (exact) mass is 366 g/mol. The van der Waals surface area contributed by atoms with E-state index < -0.39 is 0 Å². The smallest absolute Gasteiger partial charge is 0.273 e. The van der Waals surface area contributed by atoms with Gasteiger partial charge < -0.3 is 14.9 Å². The van der Waals surface area contributed by atoms with Crippen molar-refractivity contribution in [3.63, 3.8) is 0 Å². The molecule has 2 aromatic carbocycles. The van der Waals surface area contributed by atoms with Crippen molar-refractivity contribution in [2.45, 2.75) is 6.61 Å². The predicted octanol–water partition coefficient (Wildman–Crippen LogP) is 3.67. The van der Waals surface area contributed by atoms with Gasteiger partial charge in [0.25, 0.3) is 5.91 Å². The number of hydrogen-bond acceptors (Lipinski definition) is 4. The lowest BCUT2D eigenvalue weighted by Crippen LogP contribution is -2.29. The quantitative estimate of drug-likeness (QED) is 0.626. The predicted molar refractivity (Wildman–Crippen MR) is 94.8 cm³/mol. The summed E-state index contributed by atoms with van der Waals surface area (Å²) in [7, 11) is 2.91. The minimum absolute atomic E-state index is 0.163. The summed E-state index contributed by atoms with van der Waals surface area (Å²) in [6.07, 6.45) is 0. The number of amides is 1. The zero-order valence-electron chi connectivity index (χ0n) is 13.2. The van der Waals surface area contributed by atoms with Crippen LogP contribution in [-0.2, 0) is 16.2 Å². The molecular formula is C17H16Cl2N2O3. The highest BCUT2D eigenvalue weighted by molar-refractivity contribution is 6.45. The molecule has 0 aromatic heterocycles. The second-order valence-corrected chi connectivity index (χ2v) is 5.57. The Morgan fingerprint density at radius 1 is 1.21 bits per heavy atom. The first-order valence-electron chi connectivity index (χ1n) is 7.06. The summed E-state index contributed by atoms with van der Waals surface area (Å²) in [5, 5.41) is 7.33. The summed E-state index contributed by atoms with van der Waals surface area (Å²) in [4.78, 5) is 16.8. The lowest BCUT2D eigenvalue weighted by molar-refractivity contribution is -0.114. The molecule has 0 heterocycles. The molecule has 0 bridgehead atoms. The first kappa shape index (κ1) is 18.1. The Bertz CT molecular complexity index is 763. The minimum Gasteiger partial charge on any atom is -0.487 e. The van der Waals surface area contributed by atoms with Gasteiger partial charge in [0.05, 0.1) is 5.02 Å². The summed E-state index contributed by atoms with van der Waals surface area (Å²) in [5.41, 5.74) is 1.53. The fourth-order valence-electron chi connectivity index (χ4n) is 2.04. The molecule has 24 heavy (non-hydrogen) atoms. The van der Waals surface area contributed by atoms with Gasteiger partial charge in [-0.3, -0.25) is 4.79 Å². The molecule has 0 saturated carbocycles. The summed E-state index contributed by atoms with van der Waals surface area (Å²) in [5.74, 6) is 0.106. The maximum Gasteiger partial charge on any atom is 0.273 e. The van der Waals surface area contributed by atoms with Crippen LogP contribution in [0, 0.1) is 0 Å². The molecule has 126 valence electrons. The van der Waals surface area contributed by atoms with Crippen molar-refractivity contribution in [1.29, 1.82) is 0 Å². The van der Waals surface area contributed by atoms with Gasteiger partial charge in [0, 0.05) is 23.7 Å². The Morgan fingerprint density at radius 3 is 2.67 bits per heavy atom. The van der Waals surface area contributed by atoms with Crippen LogP contribution in [-0.4, -0.2) is 25.8 Å². The largest absolute Gasteiger partial charge is 0.487 e. The first-order chi connectivity index (χ1) is 11.6. The number of nitrogens with one attached hydrogen (secondary N) is 1. The van der Waals surface area contributed by atoms with Gasteiger partial charge in [0.1, 0.15) is 19.5 Å². The molecule has 0 aliphatic rings. The lowest BCUT2D eigenvalue weighted by atomic mass is 10.0. The van der Waals surface area contributed by atoms with Gasteiger partial charge in [-0.2, -0.15) is 0 Å². The van der Waals surface area contributed by atoms with Crippen LogP contribution in [0.15, 0.2) is 47.6 Å². The average molecular weight is 367 g/mol. The zero-order chi connectivity index (χ0) is 17.5. The van der Waals surface area contributed by atoms with E-state index in [0.29, 0.717) is 21.4 Å². The fraction of sp³-hybridized carbons (Fsp3) is 0.176. The van der Waals surface area contributed by atoms with Crippen LogP contribution >= 0.6 is 23.2 Å². The topological polar surface area (TPSA) is 59.9 Å². The van der Waals surface area contributed by atoms with E-state index in [2.05, 4.69) is 10.5 Å². The summed E-state index contributed by atoms with van der Waals surface area (Å²) < 4.78 is 5.74. The molecular weight excluding hydrogens is 351 g/mol. The Hall–Kier alpha value is -2.24. The molecule has 2 rings (SSSR count). The van der Waals surface area contributed by atoms with Crippen molar-refractivity contribution in [3.8, 4) is 5.75 Å².